The summed E-state index contributed by atoms with van der Waals surface area (Å²) in [6, 6.07) is 0. The minimum Gasteiger partial charge on any atom is -0.258 e. The van der Waals surface area contributed by atoms with Crippen LogP contribution in [0.3, 0.4) is 0 Å². The third kappa shape index (κ3) is 3.70. The van der Waals surface area contributed by atoms with E-state index in [1.807, 2.05) is 13.8 Å². The lowest BCUT2D eigenvalue weighted by atomic mass is 10.1. The lowest BCUT2D eigenvalue weighted by Gasteiger charge is -2.04. The summed E-state index contributed by atoms with van der Waals surface area (Å²) in [4.78, 5) is 10.6. The first-order chi connectivity index (χ1) is 8.32. The molecule has 0 atom stereocenters. The topological polar surface area (TPSA) is 61.0 Å². The Kier molecular flexibility index (Phi) is 5.14. The smallest absolute Gasteiger partial charge is 0.258 e. The largest absolute Gasteiger partial charge is 0.329 e. The van der Waals surface area contributed by atoms with E-state index in [9.17, 15) is 10.1 Å². The molecule has 0 N–H and O–H groups in total. The zero-order valence-electron chi connectivity index (χ0n) is 11.3. The maximum atomic E-state index is 11.0. The van der Waals surface area contributed by atoms with Crippen LogP contribution in [0, 0.1) is 22.0 Å². The van der Waals surface area contributed by atoms with Crippen molar-refractivity contribution in [1.82, 2.24) is 9.78 Å². The van der Waals surface area contributed by atoms with Gasteiger partial charge in [-0.05, 0) is 18.3 Å². The lowest BCUT2D eigenvalue weighted by Crippen LogP contribution is -2.04. The van der Waals surface area contributed by atoms with Crippen molar-refractivity contribution in [2.45, 2.75) is 47.1 Å². The number of nitrogens with zero attached hydrogens (tertiary/aromatic N) is 3. The Morgan fingerprint density at radius 1 is 1.33 bits per heavy atom. The third-order valence-corrected chi connectivity index (χ3v) is 3.01. The van der Waals surface area contributed by atoms with Gasteiger partial charge in [-0.25, -0.2) is 4.68 Å². The minimum atomic E-state index is -0.432. The minimum absolute atomic E-state index is 0.0332. The van der Waals surface area contributed by atoms with Gasteiger partial charge in [-0.2, -0.15) is 5.10 Å². The summed E-state index contributed by atoms with van der Waals surface area (Å²) in [6.07, 6.45) is 1.48. The zero-order chi connectivity index (χ0) is 13.9. The molecule has 0 spiro atoms. The molecule has 0 aromatic carbocycles. The monoisotopic (exact) mass is 273 g/mol. The van der Waals surface area contributed by atoms with Crippen molar-refractivity contribution < 1.29 is 4.92 Å². The molecule has 0 amide bonds. The van der Waals surface area contributed by atoms with E-state index in [4.69, 9.17) is 11.6 Å². The van der Waals surface area contributed by atoms with Gasteiger partial charge in [-0.3, -0.25) is 10.1 Å². The summed E-state index contributed by atoms with van der Waals surface area (Å²) < 4.78 is 1.55. The van der Waals surface area contributed by atoms with Gasteiger partial charge in [-0.15, -0.1) is 0 Å². The predicted octanol–water partition coefficient (Wildman–Crippen LogP) is 3.69. The number of aryl methyl sites for hydroxylation is 1. The highest BCUT2D eigenvalue weighted by molar-refractivity contribution is 6.31. The molecule has 1 aromatic heterocycles. The summed E-state index contributed by atoms with van der Waals surface area (Å²) in [5, 5.41) is 15.5. The predicted molar refractivity (Wildman–Crippen MR) is 71.9 cm³/mol. The Hall–Kier alpha value is -1.10. The number of halogens is 1. The highest BCUT2D eigenvalue weighted by Crippen LogP contribution is 2.30. The summed E-state index contributed by atoms with van der Waals surface area (Å²) in [7, 11) is 0. The Bertz CT molecular complexity index is 427. The number of hydrogen-bond acceptors (Lipinski definition) is 3. The average Bonchev–Trinajstić information content (AvgIpc) is 2.51. The third-order valence-electron chi connectivity index (χ3n) is 2.64. The Balaban J connectivity index is 3.03. The van der Waals surface area contributed by atoms with E-state index < -0.39 is 4.92 Å². The van der Waals surface area contributed by atoms with Crippen LogP contribution in [-0.4, -0.2) is 14.7 Å². The van der Waals surface area contributed by atoms with Crippen molar-refractivity contribution >= 4 is 17.3 Å². The van der Waals surface area contributed by atoms with Crippen LogP contribution in [0.25, 0.3) is 0 Å². The van der Waals surface area contributed by atoms with Crippen molar-refractivity contribution in [2.75, 3.05) is 0 Å². The number of aromatic nitrogens is 2. The second-order valence-electron chi connectivity index (χ2n) is 5.35. The molecule has 0 saturated heterocycles. The second-order valence-corrected chi connectivity index (χ2v) is 5.70. The van der Waals surface area contributed by atoms with Crippen LogP contribution < -0.4 is 0 Å². The second kappa shape index (κ2) is 6.18. The number of rotatable bonds is 6. The Labute approximate surface area is 112 Å². The van der Waals surface area contributed by atoms with Crippen molar-refractivity contribution in [3.8, 4) is 0 Å². The Morgan fingerprint density at radius 3 is 2.39 bits per heavy atom. The molecule has 0 bridgehead atoms. The molecule has 0 unspecified atom stereocenters. The van der Waals surface area contributed by atoms with Crippen molar-refractivity contribution in [2.24, 2.45) is 11.8 Å². The van der Waals surface area contributed by atoms with E-state index in [1.54, 1.807) is 4.68 Å². The fraction of sp³-hybridized carbons (Fsp3) is 0.750. The van der Waals surface area contributed by atoms with Crippen LogP contribution in [0.1, 0.15) is 39.8 Å². The van der Waals surface area contributed by atoms with E-state index >= 15 is 0 Å². The molecular formula is C12H20ClN3O2. The van der Waals surface area contributed by atoms with Crippen LogP contribution in [0.2, 0.25) is 5.15 Å². The molecule has 1 aromatic rings. The molecule has 0 aliphatic heterocycles. The first-order valence-corrected chi connectivity index (χ1v) is 6.60. The molecular weight excluding hydrogens is 254 g/mol. The van der Waals surface area contributed by atoms with E-state index in [0.29, 0.717) is 30.5 Å². The van der Waals surface area contributed by atoms with Crippen LogP contribution in [0.15, 0.2) is 0 Å². The fourth-order valence-electron chi connectivity index (χ4n) is 1.71. The standard InChI is InChI=1S/C12H20ClN3O2/c1-8(2)5-6-15-12(13)11(16(17)18)10(14-15)7-9(3)4/h8-9H,5-7H2,1-4H3. The van der Waals surface area contributed by atoms with E-state index in [-0.39, 0.29) is 10.8 Å². The van der Waals surface area contributed by atoms with Gasteiger partial charge in [0.2, 0.25) is 5.15 Å². The van der Waals surface area contributed by atoms with Gasteiger partial charge in [0.15, 0.2) is 0 Å². The normalized spacial score (nSPS) is 11.5. The molecule has 1 heterocycles. The molecule has 5 nitrogen and oxygen atoms in total. The van der Waals surface area contributed by atoms with Gasteiger partial charge in [0.1, 0.15) is 5.69 Å². The van der Waals surface area contributed by atoms with Crippen LogP contribution in [0.4, 0.5) is 5.69 Å². The highest BCUT2D eigenvalue weighted by Gasteiger charge is 2.26. The summed E-state index contributed by atoms with van der Waals surface area (Å²) in [5.74, 6) is 0.825. The number of hydrogen-bond donors (Lipinski definition) is 0. The molecule has 0 saturated carbocycles. The highest BCUT2D eigenvalue weighted by atomic mass is 35.5. The molecule has 0 radical (unpaired) electrons. The molecule has 18 heavy (non-hydrogen) atoms. The fourth-order valence-corrected chi connectivity index (χ4v) is 2.01. The summed E-state index contributed by atoms with van der Waals surface area (Å²) >= 11 is 6.05. The van der Waals surface area contributed by atoms with Gasteiger partial charge >= 0.3 is 5.69 Å². The number of nitro groups is 1. The molecule has 1 rings (SSSR count). The first kappa shape index (κ1) is 15.0. The summed E-state index contributed by atoms with van der Waals surface area (Å²) in [5.41, 5.74) is 0.456. The zero-order valence-corrected chi connectivity index (χ0v) is 12.1. The van der Waals surface area contributed by atoms with E-state index in [1.165, 1.54) is 0 Å². The van der Waals surface area contributed by atoms with Crippen molar-refractivity contribution in [1.29, 1.82) is 0 Å². The molecule has 102 valence electrons. The van der Waals surface area contributed by atoms with Gasteiger partial charge in [0, 0.05) is 13.0 Å². The van der Waals surface area contributed by atoms with Crippen LogP contribution in [-0.2, 0) is 13.0 Å². The Morgan fingerprint density at radius 2 is 1.94 bits per heavy atom. The first-order valence-electron chi connectivity index (χ1n) is 6.22. The summed E-state index contributed by atoms with van der Waals surface area (Å²) in [6.45, 7) is 8.83. The van der Waals surface area contributed by atoms with Crippen molar-refractivity contribution in [3.05, 3.63) is 21.0 Å². The van der Waals surface area contributed by atoms with Crippen LogP contribution in [0.5, 0.6) is 0 Å². The quantitative estimate of drug-likeness (QED) is 0.587. The maximum Gasteiger partial charge on any atom is 0.329 e. The van der Waals surface area contributed by atoms with Gasteiger partial charge in [0.05, 0.1) is 4.92 Å². The lowest BCUT2D eigenvalue weighted by molar-refractivity contribution is -0.385. The van der Waals surface area contributed by atoms with E-state index in [2.05, 4.69) is 18.9 Å². The van der Waals surface area contributed by atoms with E-state index in [0.717, 1.165) is 6.42 Å². The molecule has 0 fully saturated rings. The SMILES string of the molecule is CC(C)CCn1nc(CC(C)C)c([N+](=O)[O-])c1Cl. The maximum absolute atomic E-state index is 11.0. The van der Waals surface area contributed by atoms with Gasteiger partial charge < -0.3 is 0 Å². The molecule has 6 heteroatoms. The van der Waals surface area contributed by atoms with Crippen molar-refractivity contribution in [3.63, 3.8) is 0 Å². The average molecular weight is 274 g/mol. The van der Waals surface area contributed by atoms with Gasteiger partial charge in [0.25, 0.3) is 0 Å². The van der Waals surface area contributed by atoms with Gasteiger partial charge in [-0.1, -0.05) is 39.3 Å². The molecule has 0 aliphatic carbocycles. The van der Waals surface area contributed by atoms with Crippen LogP contribution >= 0.6 is 11.6 Å². The molecule has 0 aliphatic rings.